The molecule has 0 spiro atoms. The van der Waals surface area contributed by atoms with Crippen molar-refractivity contribution < 1.29 is 4.79 Å². The van der Waals surface area contributed by atoms with Crippen molar-refractivity contribution in [3.63, 3.8) is 0 Å². The van der Waals surface area contributed by atoms with E-state index in [1.807, 2.05) is 24.5 Å². The van der Waals surface area contributed by atoms with Crippen molar-refractivity contribution in [3.05, 3.63) is 44.9 Å². The molecular formula is C24H28BrCl2N5O. The van der Waals surface area contributed by atoms with E-state index in [9.17, 15) is 4.79 Å². The van der Waals surface area contributed by atoms with E-state index in [0.717, 1.165) is 70.4 Å². The molecule has 4 saturated carbocycles. The Kier molecular flexibility index (Phi) is 5.56. The normalized spacial score (nSPS) is 33.6. The number of aromatic nitrogens is 3. The number of piperazine rings is 1. The molecule has 7 rings (SSSR count). The van der Waals surface area contributed by atoms with Gasteiger partial charge in [-0.1, -0.05) is 29.3 Å². The molecule has 5 fully saturated rings. The molecule has 1 amide bonds. The molecule has 9 heteroatoms. The SMILES string of the molecule is O=C(N1CCN(Cc2ccc(Cl)c(Cl)c2)CC1)C12CC3CC(C1)CC(n1cnc(Br)n1)(C3)C2. The van der Waals surface area contributed by atoms with Crippen LogP contribution in [0.25, 0.3) is 0 Å². The van der Waals surface area contributed by atoms with Crippen LogP contribution >= 0.6 is 39.1 Å². The molecule has 1 saturated heterocycles. The first-order chi connectivity index (χ1) is 15.8. The first-order valence-corrected chi connectivity index (χ1v) is 13.4. The minimum Gasteiger partial charge on any atom is -0.340 e. The molecule has 176 valence electrons. The molecule has 6 nitrogen and oxygen atoms in total. The Morgan fingerprint density at radius 2 is 1.79 bits per heavy atom. The highest BCUT2D eigenvalue weighted by Crippen LogP contribution is 2.64. The topological polar surface area (TPSA) is 54.3 Å². The van der Waals surface area contributed by atoms with Crippen LogP contribution in [0.3, 0.4) is 0 Å². The van der Waals surface area contributed by atoms with E-state index in [2.05, 4.69) is 40.5 Å². The highest BCUT2D eigenvalue weighted by Gasteiger charge is 2.62. The molecule has 4 bridgehead atoms. The van der Waals surface area contributed by atoms with Crippen molar-refractivity contribution in [1.29, 1.82) is 0 Å². The molecule has 0 radical (unpaired) electrons. The largest absolute Gasteiger partial charge is 0.340 e. The van der Waals surface area contributed by atoms with Crippen LogP contribution in [0.1, 0.15) is 44.1 Å². The molecule has 1 aromatic carbocycles. The van der Waals surface area contributed by atoms with Gasteiger partial charge in [-0.3, -0.25) is 9.69 Å². The van der Waals surface area contributed by atoms with Crippen LogP contribution in [0.5, 0.6) is 0 Å². The van der Waals surface area contributed by atoms with Gasteiger partial charge in [0.2, 0.25) is 10.6 Å². The number of halogens is 3. The van der Waals surface area contributed by atoms with Crippen molar-refractivity contribution in [3.8, 4) is 0 Å². The average molecular weight is 553 g/mol. The quantitative estimate of drug-likeness (QED) is 0.536. The van der Waals surface area contributed by atoms with E-state index in [0.29, 0.717) is 32.5 Å². The smallest absolute Gasteiger partial charge is 0.228 e. The number of rotatable bonds is 4. The van der Waals surface area contributed by atoms with Crippen LogP contribution in [0.15, 0.2) is 29.3 Å². The van der Waals surface area contributed by atoms with Gasteiger partial charge in [-0.15, -0.1) is 5.10 Å². The third-order valence-corrected chi connectivity index (χ3v) is 9.59. The Morgan fingerprint density at radius 3 is 2.42 bits per heavy atom. The zero-order chi connectivity index (χ0) is 22.8. The first-order valence-electron chi connectivity index (χ1n) is 11.9. The summed E-state index contributed by atoms with van der Waals surface area (Å²) in [5, 5.41) is 5.82. The van der Waals surface area contributed by atoms with Gasteiger partial charge >= 0.3 is 0 Å². The van der Waals surface area contributed by atoms with Gasteiger partial charge in [0.05, 0.1) is 21.0 Å². The molecule has 1 aromatic heterocycles. The minimum absolute atomic E-state index is 0.0472. The van der Waals surface area contributed by atoms with Crippen LogP contribution < -0.4 is 0 Å². The standard InChI is InChI=1S/C24H28BrCl2N5O/c25-22-28-15-32(29-22)24-11-17-7-18(12-24)10-23(9-17,14-24)21(33)31-5-3-30(4-6-31)13-16-1-2-19(26)20(27)8-16/h1-2,8,15,17-18H,3-7,9-14H2. The summed E-state index contributed by atoms with van der Waals surface area (Å²) in [7, 11) is 0. The molecule has 2 atom stereocenters. The molecule has 4 aliphatic carbocycles. The van der Waals surface area contributed by atoms with Gasteiger partial charge in [-0.2, -0.15) is 0 Å². The zero-order valence-electron chi connectivity index (χ0n) is 18.5. The van der Waals surface area contributed by atoms with Crippen LogP contribution in [0, 0.1) is 17.3 Å². The predicted octanol–water partition coefficient (Wildman–Crippen LogP) is 4.99. The summed E-state index contributed by atoms with van der Waals surface area (Å²) < 4.78 is 2.71. The van der Waals surface area contributed by atoms with Gasteiger partial charge in [0.15, 0.2) is 0 Å². The molecule has 2 aromatic rings. The lowest BCUT2D eigenvalue weighted by atomic mass is 9.46. The number of hydrogen-bond donors (Lipinski definition) is 0. The fourth-order valence-corrected chi connectivity index (χ4v) is 8.13. The molecule has 2 unspecified atom stereocenters. The van der Waals surface area contributed by atoms with E-state index < -0.39 is 0 Å². The van der Waals surface area contributed by atoms with E-state index in [1.54, 1.807) is 0 Å². The van der Waals surface area contributed by atoms with Gasteiger partial charge in [0.1, 0.15) is 6.33 Å². The highest BCUT2D eigenvalue weighted by molar-refractivity contribution is 9.10. The maximum atomic E-state index is 14.0. The second-order valence-corrected chi connectivity index (χ2v) is 12.3. The number of nitrogens with zero attached hydrogens (tertiary/aromatic N) is 5. The third kappa shape index (κ3) is 3.93. The lowest BCUT2D eigenvalue weighted by molar-refractivity contribution is -0.168. The summed E-state index contributed by atoms with van der Waals surface area (Å²) in [6.07, 6.45) is 8.39. The molecule has 5 aliphatic rings. The Bertz CT molecular complexity index is 1070. The number of carbonyl (C=O) groups excluding carboxylic acids is 1. The van der Waals surface area contributed by atoms with E-state index >= 15 is 0 Å². The van der Waals surface area contributed by atoms with Crippen molar-refractivity contribution >= 4 is 45.0 Å². The van der Waals surface area contributed by atoms with E-state index in [-0.39, 0.29) is 11.0 Å². The van der Waals surface area contributed by atoms with Crippen molar-refractivity contribution in [2.24, 2.45) is 17.3 Å². The maximum absolute atomic E-state index is 14.0. The van der Waals surface area contributed by atoms with Crippen molar-refractivity contribution in [1.82, 2.24) is 24.6 Å². The Labute approximate surface area is 212 Å². The van der Waals surface area contributed by atoms with Gasteiger partial charge < -0.3 is 4.90 Å². The summed E-state index contributed by atoms with van der Waals surface area (Å²) >= 11 is 15.7. The lowest BCUT2D eigenvalue weighted by Crippen LogP contribution is -2.62. The monoisotopic (exact) mass is 551 g/mol. The lowest BCUT2D eigenvalue weighted by Gasteiger charge is -2.61. The molecule has 2 heterocycles. The number of benzene rings is 1. The zero-order valence-corrected chi connectivity index (χ0v) is 21.6. The highest BCUT2D eigenvalue weighted by atomic mass is 79.9. The van der Waals surface area contributed by atoms with Crippen LogP contribution in [0.4, 0.5) is 0 Å². The van der Waals surface area contributed by atoms with Gasteiger partial charge in [0, 0.05) is 32.7 Å². The Hall–Kier alpha value is -1.15. The number of carbonyl (C=O) groups is 1. The second kappa shape index (κ2) is 8.21. The van der Waals surface area contributed by atoms with E-state index in [4.69, 9.17) is 23.2 Å². The summed E-state index contributed by atoms with van der Waals surface area (Å²) in [5.74, 6) is 1.62. The Balaban J connectivity index is 1.15. The minimum atomic E-state index is -0.228. The predicted molar refractivity (Wildman–Crippen MR) is 131 cm³/mol. The first kappa shape index (κ1) is 22.3. The molecule has 0 N–H and O–H groups in total. The van der Waals surface area contributed by atoms with E-state index in [1.165, 1.54) is 6.42 Å². The van der Waals surface area contributed by atoms with Gasteiger partial charge in [-0.05, 0) is 84.0 Å². The fraction of sp³-hybridized carbons (Fsp3) is 0.625. The Morgan fingerprint density at radius 1 is 1.06 bits per heavy atom. The van der Waals surface area contributed by atoms with Crippen LogP contribution in [-0.4, -0.2) is 56.7 Å². The third-order valence-electron chi connectivity index (χ3n) is 8.48. The summed E-state index contributed by atoms with van der Waals surface area (Å²) in [6, 6.07) is 5.83. The van der Waals surface area contributed by atoms with Crippen molar-refractivity contribution in [2.45, 2.75) is 50.6 Å². The van der Waals surface area contributed by atoms with Gasteiger partial charge in [-0.25, -0.2) is 9.67 Å². The number of hydrogen-bond acceptors (Lipinski definition) is 4. The molecule has 33 heavy (non-hydrogen) atoms. The number of amides is 1. The summed E-state index contributed by atoms with van der Waals surface area (Å²) in [5.41, 5.74) is 0.884. The van der Waals surface area contributed by atoms with Gasteiger partial charge in [0.25, 0.3) is 0 Å². The van der Waals surface area contributed by atoms with Crippen LogP contribution in [-0.2, 0) is 16.9 Å². The second-order valence-electron chi connectivity index (χ2n) is 10.7. The fourth-order valence-electron chi connectivity index (χ4n) is 7.54. The van der Waals surface area contributed by atoms with Crippen LogP contribution in [0.2, 0.25) is 10.0 Å². The molecular weight excluding hydrogens is 525 g/mol. The van der Waals surface area contributed by atoms with Crippen molar-refractivity contribution in [2.75, 3.05) is 26.2 Å². The summed E-state index contributed by atoms with van der Waals surface area (Å²) in [6.45, 7) is 4.18. The molecule has 1 aliphatic heterocycles. The maximum Gasteiger partial charge on any atom is 0.228 e. The summed E-state index contributed by atoms with van der Waals surface area (Å²) in [4.78, 5) is 22.9. The average Bonchev–Trinajstić information content (AvgIpc) is 3.23.